The highest BCUT2D eigenvalue weighted by atomic mass is 35.5. The molecule has 30 heteroatoms. The van der Waals surface area contributed by atoms with Crippen molar-refractivity contribution in [3.8, 4) is 73.9 Å². The molecule has 0 N–H and O–H groups in total. The molecule has 2 saturated heterocycles. The van der Waals surface area contributed by atoms with Gasteiger partial charge in [0.1, 0.15) is 63.6 Å². The highest BCUT2D eigenvalue weighted by Gasteiger charge is 2.47. The van der Waals surface area contributed by atoms with Gasteiger partial charge in [0.25, 0.3) is 17.4 Å². The molecule has 0 amide bonds. The van der Waals surface area contributed by atoms with Crippen molar-refractivity contribution in [3.63, 3.8) is 0 Å². The Morgan fingerprint density at radius 3 is 1.45 bits per heavy atom. The van der Waals surface area contributed by atoms with Gasteiger partial charge in [-0.2, -0.15) is 5.26 Å². The molecule has 0 radical (unpaired) electrons. The SMILES string of the molecule is CC(=O)c1cc(F)c2nc(Cc3c(F)cc(-c4cccc5c4OC(C)(c4ccc(Cl)cc4F)O5)cc3F)n(CC3(CC#N)CC3)c2c1.CC(=O)c1ccc2nc(Cc3ccc(-c4cccc5c4OC(C)(c4ccc(Cl)cc4F)O5)c(F)c3)n(C[C@@H]3CCO3)c2c1.CC(=O)c1ccc2nc(Cc3ncc(-c4cccc5c4OC(C)(c4ccc(Cl)cn4)O5)cc3F)n(C[C@@H]3CCO3)c2c1. The summed E-state index contributed by atoms with van der Waals surface area (Å²) in [5.41, 5.74) is 8.50. The predicted octanol–water partition coefficient (Wildman–Crippen LogP) is 23.4. The van der Waals surface area contributed by atoms with E-state index in [1.807, 2.05) is 47.0 Å². The van der Waals surface area contributed by atoms with E-state index < -0.39 is 58.1 Å². The van der Waals surface area contributed by atoms with Crippen molar-refractivity contribution in [2.45, 2.75) is 142 Å². The van der Waals surface area contributed by atoms with Gasteiger partial charge in [-0.25, -0.2) is 45.7 Å². The first-order chi connectivity index (χ1) is 63.3. The summed E-state index contributed by atoms with van der Waals surface area (Å²) in [6.07, 6.45) is 7.22. The molecule has 20 nitrogen and oxygen atoms in total. The number of benzene rings is 10. The molecule has 668 valence electrons. The number of imidazole rings is 3. The van der Waals surface area contributed by atoms with Gasteiger partial charge in [-0.3, -0.25) is 24.4 Å². The molecular weight excluding hydrogens is 1770 g/mol. The minimum Gasteiger partial charge on any atom is -0.444 e. The van der Waals surface area contributed by atoms with Crippen molar-refractivity contribution in [1.29, 1.82) is 5.26 Å². The third kappa shape index (κ3) is 17.0. The van der Waals surface area contributed by atoms with Gasteiger partial charge >= 0.3 is 0 Å². The summed E-state index contributed by atoms with van der Waals surface area (Å²) >= 11 is 17.9. The van der Waals surface area contributed by atoms with Crippen molar-refractivity contribution in [2.24, 2.45) is 5.41 Å². The third-order valence-electron chi connectivity index (χ3n) is 24.8. The second-order valence-corrected chi connectivity index (χ2v) is 35.4. The molecule has 132 heavy (non-hydrogen) atoms. The molecule has 1 aliphatic carbocycles. The van der Waals surface area contributed by atoms with E-state index in [1.54, 1.807) is 103 Å². The molecule has 5 atom stereocenters. The van der Waals surface area contributed by atoms with Gasteiger partial charge in [-0.05, 0) is 197 Å². The monoisotopic (exact) mass is 1840 g/mol. The molecule has 21 rings (SSSR count). The van der Waals surface area contributed by atoms with E-state index in [2.05, 4.69) is 25.6 Å². The van der Waals surface area contributed by atoms with Crippen LogP contribution in [0.15, 0.2) is 200 Å². The number of nitriles is 1. The summed E-state index contributed by atoms with van der Waals surface area (Å²) in [5, 5.41) is 10.4. The standard InChI is InChI=1S/C36H26ClF4N3O3.C34H27ClF2N2O4.C32H26ClFN4O4/c1-19(45)20-12-29(41)33-30(15-20)44(18-36(8-9-36)10-11-42)32(43-33)17-24-26(38)13-21(14-27(24)39)23-4-3-5-31-34(23)47-35(2,46-31)25-7-6-22(37)16-28(25)40;1-19(40)21-7-11-29-30(16-21)39(18-23-12-13-41-23)32(38-29)15-20-6-9-24(27(36)14-20)25-4-3-5-31-33(25)43-34(2,42-31)26-10-8-22(35)17-28(26)37;1-18(39)19-6-8-25-27(13-19)38(17-22-10-11-40-22)30(37-25)14-26-24(34)12-20(15-35-26)23-4-3-5-28-31(23)42-32(2,41-28)29-9-7-21(33)16-36-29/h3-7,12-16H,8-10,17-18H2,1-2H3;3-11,14,16-17,23H,12-13,15,18H2,1-2H3;3-9,12-13,15-16,22H,10-11,14,17H2,1-2H3/t;23-,34?;22-,32?/m.00/s1. The van der Waals surface area contributed by atoms with Gasteiger partial charge in [0.2, 0.25) is 0 Å². The Kier molecular flexibility index (Phi) is 23.1. The Morgan fingerprint density at radius 1 is 0.447 bits per heavy atom. The largest absolute Gasteiger partial charge is 0.444 e. The van der Waals surface area contributed by atoms with Crippen molar-refractivity contribution >= 4 is 85.3 Å². The Balaban J connectivity index is 0.000000128. The summed E-state index contributed by atoms with van der Waals surface area (Å²) in [5.74, 6) is -5.36. The molecule has 6 aliphatic rings. The second-order valence-electron chi connectivity index (χ2n) is 34.1. The molecule has 1 saturated carbocycles. The molecule has 10 aromatic carbocycles. The summed E-state index contributed by atoms with van der Waals surface area (Å²) < 4.78 is 162. The van der Waals surface area contributed by atoms with Crippen LogP contribution in [0.5, 0.6) is 34.5 Å². The Bertz CT molecular complexity index is 7270. The van der Waals surface area contributed by atoms with Crippen LogP contribution >= 0.6 is 34.8 Å². The number of rotatable bonds is 22. The fraction of sp³-hybridized carbons (Fsp3) is 0.245. The molecule has 3 unspecified atom stereocenters. The van der Waals surface area contributed by atoms with E-state index in [1.165, 1.54) is 76.4 Å². The summed E-state index contributed by atoms with van der Waals surface area (Å²) in [4.78, 5) is 59.1. The maximum absolute atomic E-state index is 15.9. The minimum atomic E-state index is -1.56. The topological polar surface area (TPSA) is 228 Å². The molecule has 15 aromatic rings. The van der Waals surface area contributed by atoms with Crippen LogP contribution in [0.4, 0.5) is 30.7 Å². The molecule has 0 spiro atoms. The van der Waals surface area contributed by atoms with Crippen molar-refractivity contribution < 1.29 is 83.0 Å². The quantitative estimate of drug-likeness (QED) is 0.0454. The maximum atomic E-state index is 15.9. The smallest absolute Gasteiger partial charge is 0.292 e. The molecule has 10 heterocycles. The normalized spacial score (nSPS) is 18.6. The van der Waals surface area contributed by atoms with Crippen LogP contribution in [0.25, 0.3) is 66.5 Å². The minimum absolute atomic E-state index is 0.0193. The van der Waals surface area contributed by atoms with E-state index in [-0.39, 0.29) is 127 Å². The van der Waals surface area contributed by atoms with Crippen LogP contribution in [0.3, 0.4) is 0 Å². The number of aromatic nitrogens is 8. The van der Waals surface area contributed by atoms with Crippen LogP contribution in [-0.2, 0) is 65.7 Å². The number of para-hydroxylation sites is 3. The van der Waals surface area contributed by atoms with Gasteiger partial charge in [0.05, 0.1) is 87.2 Å². The van der Waals surface area contributed by atoms with Crippen molar-refractivity contribution in [2.75, 3.05) is 13.2 Å². The number of ketones is 3. The first kappa shape index (κ1) is 87.8. The van der Waals surface area contributed by atoms with Crippen LogP contribution in [-0.4, -0.2) is 81.4 Å². The average Bonchev–Trinajstić information content (AvgIpc) is 1.59. The van der Waals surface area contributed by atoms with Gasteiger partial charge in [-0.1, -0.05) is 83.3 Å². The summed E-state index contributed by atoms with van der Waals surface area (Å²) in [7, 11) is 0. The van der Waals surface area contributed by atoms with Gasteiger partial charge in [0, 0.05) is 138 Å². The number of ether oxygens (including phenoxy) is 8. The molecule has 3 fully saturated rings. The van der Waals surface area contributed by atoms with E-state index in [0.717, 1.165) is 96.6 Å². The Labute approximate surface area is 766 Å². The second kappa shape index (κ2) is 34.7. The van der Waals surface area contributed by atoms with E-state index in [4.69, 9.17) is 82.7 Å². The lowest BCUT2D eigenvalue weighted by molar-refractivity contribution is -0.0717. The van der Waals surface area contributed by atoms with Crippen LogP contribution in [0.1, 0.15) is 156 Å². The van der Waals surface area contributed by atoms with Gasteiger partial charge in [0.15, 0.2) is 57.7 Å². The lowest BCUT2D eigenvalue weighted by Gasteiger charge is -2.27. The number of hydrogen-bond acceptors (Lipinski definition) is 17. The summed E-state index contributed by atoms with van der Waals surface area (Å²) in [6.45, 7) is 12.2. The zero-order chi connectivity index (χ0) is 92.1. The van der Waals surface area contributed by atoms with Crippen LogP contribution in [0.2, 0.25) is 15.1 Å². The number of Topliss-reactive ketones (excluding diaryl/α,β-unsaturated/α-hetero) is 3. The zero-order valence-electron chi connectivity index (χ0n) is 71.7. The first-order valence-electron chi connectivity index (χ1n) is 42.6. The van der Waals surface area contributed by atoms with E-state index in [9.17, 15) is 28.4 Å². The van der Waals surface area contributed by atoms with Crippen molar-refractivity contribution in [3.05, 3.63) is 324 Å². The summed E-state index contributed by atoms with van der Waals surface area (Å²) in [6, 6.07) is 51.9. The number of fused-ring (bicyclic) bond motifs is 6. The average molecular weight is 1850 g/mol. The van der Waals surface area contributed by atoms with Gasteiger partial charge < -0.3 is 51.6 Å². The molecule has 5 aliphatic heterocycles. The number of pyridine rings is 2. The number of carbonyl (C=O) groups is 3. The zero-order valence-corrected chi connectivity index (χ0v) is 74.0. The van der Waals surface area contributed by atoms with Crippen LogP contribution in [0, 0.1) is 57.5 Å². The molecular formula is C102H79Cl3F7N9O11. The van der Waals surface area contributed by atoms with Crippen molar-refractivity contribution in [1.82, 2.24) is 38.6 Å². The fourth-order valence-electron chi connectivity index (χ4n) is 17.3. The Morgan fingerprint density at radius 2 is 0.947 bits per heavy atom. The third-order valence-corrected chi connectivity index (χ3v) is 25.5. The number of nitrogens with zero attached hydrogens (tertiary/aromatic N) is 9. The number of carbonyl (C=O) groups excluding carboxylic acids is 3. The number of hydrogen-bond donors (Lipinski definition) is 0. The first-order valence-corrected chi connectivity index (χ1v) is 43.8. The highest BCUT2D eigenvalue weighted by molar-refractivity contribution is 6.31. The molecule has 0 bridgehead atoms. The van der Waals surface area contributed by atoms with Gasteiger partial charge in [-0.15, -0.1) is 0 Å². The lowest BCUT2D eigenvalue weighted by Crippen LogP contribution is -2.32. The highest BCUT2D eigenvalue weighted by Crippen LogP contribution is 2.55. The van der Waals surface area contributed by atoms with Crippen LogP contribution < -0.4 is 28.4 Å². The fourth-order valence-corrected chi connectivity index (χ4v) is 17.7. The predicted molar refractivity (Wildman–Crippen MR) is 479 cm³/mol. The van der Waals surface area contributed by atoms with E-state index in [0.29, 0.717) is 104 Å². The molecule has 5 aromatic heterocycles. The maximum Gasteiger partial charge on any atom is 0.292 e. The lowest BCUT2D eigenvalue weighted by atomic mass is 9.99. The Hall–Kier alpha value is -13.5. The van der Waals surface area contributed by atoms with E-state index >= 15 is 22.0 Å². The number of halogens is 10.